The summed E-state index contributed by atoms with van der Waals surface area (Å²) in [6.45, 7) is 1.95. The van der Waals surface area contributed by atoms with Crippen molar-refractivity contribution < 1.29 is 22.6 Å². The van der Waals surface area contributed by atoms with E-state index in [0.717, 1.165) is 12.2 Å². The van der Waals surface area contributed by atoms with E-state index in [9.17, 15) is 13.2 Å². The number of alkyl halides is 3. The highest BCUT2D eigenvalue weighted by atomic mass is 32.2. The van der Waals surface area contributed by atoms with Gasteiger partial charge in [0.15, 0.2) is 0 Å². The summed E-state index contributed by atoms with van der Waals surface area (Å²) in [5.41, 5.74) is -3.38. The predicted octanol–water partition coefficient (Wildman–Crippen LogP) is 2.45. The van der Waals surface area contributed by atoms with E-state index in [4.69, 9.17) is 9.47 Å². The number of pyridine rings is 1. The number of methoxy groups -OCH3 is 1. The largest absolute Gasteiger partial charge is 0.491 e. The fraction of sp³-hybridized carbons (Fsp3) is 0.583. The lowest BCUT2D eigenvalue weighted by Crippen LogP contribution is -2.19. The van der Waals surface area contributed by atoms with Gasteiger partial charge in [-0.2, -0.15) is 13.2 Å². The molecule has 0 radical (unpaired) electrons. The van der Waals surface area contributed by atoms with Gasteiger partial charge in [0.05, 0.1) is 25.1 Å². The molecule has 1 aromatic heterocycles. The lowest BCUT2D eigenvalue weighted by molar-refractivity contribution is -0.0329. The molecule has 0 aliphatic heterocycles. The van der Waals surface area contributed by atoms with Gasteiger partial charge in [0.2, 0.25) is 0 Å². The van der Waals surface area contributed by atoms with Crippen molar-refractivity contribution in [1.82, 2.24) is 10.3 Å². The van der Waals surface area contributed by atoms with Gasteiger partial charge in [-0.15, -0.1) is 0 Å². The third-order valence-electron chi connectivity index (χ3n) is 2.20. The summed E-state index contributed by atoms with van der Waals surface area (Å²) in [5, 5.41) is 3.13. The second-order valence-corrected chi connectivity index (χ2v) is 4.96. The number of thioether (sulfide) groups is 1. The van der Waals surface area contributed by atoms with Gasteiger partial charge in [0.25, 0.3) is 0 Å². The summed E-state index contributed by atoms with van der Waals surface area (Å²) in [6, 6.07) is 3.46. The molecule has 0 saturated heterocycles. The number of halogens is 3. The Labute approximate surface area is 120 Å². The number of rotatable bonds is 9. The molecule has 1 N–H and O–H groups in total. The molecular weight excluding hydrogens is 293 g/mol. The summed E-state index contributed by atoms with van der Waals surface area (Å²) in [6.07, 6.45) is 1.51. The van der Waals surface area contributed by atoms with Crippen LogP contribution in [0.5, 0.6) is 5.75 Å². The molecule has 0 amide bonds. The molecule has 0 atom stereocenters. The number of aromatic nitrogens is 1. The molecule has 4 nitrogen and oxygen atoms in total. The van der Waals surface area contributed by atoms with Crippen molar-refractivity contribution in [3.05, 3.63) is 24.0 Å². The minimum atomic E-state index is -4.21. The van der Waals surface area contributed by atoms with Crippen LogP contribution in [0.3, 0.4) is 0 Å². The summed E-state index contributed by atoms with van der Waals surface area (Å²) in [4.78, 5) is 4.15. The zero-order chi connectivity index (χ0) is 14.8. The summed E-state index contributed by atoms with van der Waals surface area (Å²) >= 11 is -0.0956. The highest BCUT2D eigenvalue weighted by Crippen LogP contribution is 2.29. The van der Waals surface area contributed by atoms with Crippen LogP contribution in [-0.2, 0) is 11.3 Å². The van der Waals surface area contributed by atoms with E-state index in [1.807, 2.05) is 0 Å². The summed E-state index contributed by atoms with van der Waals surface area (Å²) in [7, 11) is 1.63. The second-order valence-electron chi connectivity index (χ2n) is 3.80. The molecular formula is C12H17F3N2O2S. The molecule has 20 heavy (non-hydrogen) atoms. The van der Waals surface area contributed by atoms with Gasteiger partial charge in [-0.3, -0.25) is 4.98 Å². The molecule has 0 saturated carbocycles. The van der Waals surface area contributed by atoms with Crippen LogP contribution in [-0.4, -0.2) is 43.1 Å². The van der Waals surface area contributed by atoms with Crippen molar-refractivity contribution >= 4 is 11.8 Å². The maximum Gasteiger partial charge on any atom is 0.441 e. The Morgan fingerprint density at radius 3 is 2.70 bits per heavy atom. The highest BCUT2D eigenvalue weighted by molar-refractivity contribution is 8.00. The number of hydrogen-bond acceptors (Lipinski definition) is 5. The molecule has 1 rings (SSSR count). The Bertz CT molecular complexity index is 374. The normalized spacial score (nSPS) is 11.6. The molecule has 8 heteroatoms. The van der Waals surface area contributed by atoms with E-state index in [0.29, 0.717) is 18.9 Å². The van der Waals surface area contributed by atoms with Gasteiger partial charge in [-0.25, -0.2) is 0 Å². The van der Waals surface area contributed by atoms with Crippen LogP contribution in [0, 0.1) is 0 Å². The van der Waals surface area contributed by atoms with Gasteiger partial charge in [-0.05, 0) is 23.9 Å². The van der Waals surface area contributed by atoms with Crippen LogP contribution in [0.25, 0.3) is 0 Å². The monoisotopic (exact) mass is 310 g/mol. The maximum absolute atomic E-state index is 11.9. The summed E-state index contributed by atoms with van der Waals surface area (Å²) < 4.78 is 45.7. The number of ether oxygens (including phenoxy) is 2. The number of nitrogens with zero attached hydrogens (tertiary/aromatic N) is 1. The molecule has 1 heterocycles. The number of nitrogens with one attached hydrogen (secondary N) is 1. The summed E-state index contributed by atoms with van der Waals surface area (Å²) in [5.74, 6) is 0.331. The molecule has 1 aromatic rings. The van der Waals surface area contributed by atoms with Crippen molar-refractivity contribution in [2.45, 2.75) is 12.1 Å². The van der Waals surface area contributed by atoms with Crippen LogP contribution >= 0.6 is 11.8 Å². The van der Waals surface area contributed by atoms with E-state index in [2.05, 4.69) is 10.3 Å². The molecule has 114 valence electrons. The standard InChI is InChI=1S/C12H17F3N2O2S/c1-18-5-4-16-8-10-2-3-11(9-17-10)19-6-7-20-12(13,14)15/h2-3,9,16H,4-8H2,1H3. The highest BCUT2D eigenvalue weighted by Gasteiger charge is 2.27. The Kier molecular flexibility index (Phi) is 7.71. The molecule has 0 aromatic carbocycles. The number of hydrogen-bond donors (Lipinski definition) is 1. The molecule has 0 aliphatic rings. The average molecular weight is 310 g/mol. The van der Waals surface area contributed by atoms with Crippen molar-refractivity contribution in [2.75, 3.05) is 32.6 Å². The van der Waals surface area contributed by atoms with Crippen molar-refractivity contribution in [2.24, 2.45) is 0 Å². The zero-order valence-electron chi connectivity index (χ0n) is 11.1. The van der Waals surface area contributed by atoms with E-state index in [1.165, 1.54) is 6.20 Å². The minimum Gasteiger partial charge on any atom is -0.491 e. The smallest absolute Gasteiger partial charge is 0.441 e. The van der Waals surface area contributed by atoms with Gasteiger partial charge in [0, 0.05) is 26.0 Å². The van der Waals surface area contributed by atoms with E-state index in [-0.39, 0.29) is 24.1 Å². The topological polar surface area (TPSA) is 43.4 Å². The quantitative estimate of drug-likeness (QED) is 0.710. The van der Waals surface area contributed by atoms with Crippen LogP contribution in [0.4, 0.5) is 13.2 Å². The first-order valence-electron chi connectivity index (χ1n) is 5.99. The fourth-order valence-electron chi connectivity index (χ4n) is 1.31. The van der Waals surface area contributed by atoms with Crippen molar-refractivity contribution in [1.29, 1.82) is 0 Å². The van der Waals surface area contributed by atoms with Crippen LogP contribution in [0.2, 0.25) is 0 Å². The molecule has 0 aliphatic carbocycles. The Morgan fingerprint density at radius 2 is 2.10 bits per heavy atom. The van der Waals surface area contributed by atoms with Gasteiger partial charge in [-0.1, -0.05) is 0 Å². The van der Waals surface area contributed by atoms with Crippen molar-refractivity contribution in [3.63, 3.8) is 0 Å². The third-order valence-corrected chi connectivity index (χ3v) is 2.90. The van der Waals surface area contributed by atoms with E-state index in [1.54, 1.807) is 19.2 Å². The van der Waals surface area contributed by atoms with Crippen molar-refractivity contribution in [3.8, 4) is 5.75 Å². The Morgan fingerprint density at radius 1 is 1.30 bits per heavy atom. The SMILES string of the molecule is COCCNCc1ccc(OCCSC(F)(F)F)cn1. The second kappa shape index (κ2) is 9.04. The van der Waals surface area contributed by atoms with Gasteiger partial charge >= 0.3 is 5.51 Å². The first-order valence-corrected chi connectivity index (χ1v) is 6.98. The van der Waals surface area contributed by atoms with E-state index < -0.39 is 5.51 Å². The minimum absolute atomic E-state index is 0.00269. The third kappa shape index (κ3) is 8.23. The first-order chi connectivity index (χ1) is 9.51. The zero-order valence-corrected chi connectivity index (χ0v) is 11.9. The lowest BCUT2D eigenvalue weighted by Gasteiger charge is -2.08. The molecule has 0 fully saturated rings. The maximum atomic E-state index is 11.9. The molecule has 0 spiro atoms. The first kappa shape index (κ1) is 17.1. The average Bonchev–Trinajstić information content (AvgIpc) is 2.40. The Hall–Kier alpha value is -0.990. The predicted molar refractivity (Wildman–Crippen MR) is 71.8 cm³/mol. The van der Waals surface area contributed by atoms with Crippen LogP contribution in [0.15, 0.2) is 18.3 Å². The Balaban J connectivity index is 2.21. The van der Waals surface area contributed by atoms with Crippen LogP contribution in [0.1, 0.15) is 5.69 Å². The van der Waals surface area contributed by atoms with Gasteiger partial charge in [0.1, 0.15) is 5.75 Å². The lowest BCUT2D eigenvalue weighted by atomic mass is 10.3. The molecule has 0 unspecified atom stereocenters. The van der Waals surface area contributed by atoms with E-state index >= 15 is 0 Å². The fourth-order valence-corrected chi connectivity index (χ4v) is 1.71. The van der Waals surface area contributed by atoms with Gasteiger partial charge < -0.3 is 14.8 Å². The molecule has 0 bridgehead atoms. The van der Waals surface area contributed by atoms with Crippen LogP contribution < -0.4 is 10.1 Å².